The lowest BCUT2D eigenvalue weighted by Crippen LogP contribution is -1.97. The highest BCUT2D eigenvalue weighted by Crippen LogP contribution is 2.23. The number of nitrogens with zero attached hydrogens (tertiary/aromatic N) is 3. The largest absolute Gasteiger partial charge is 0.384 e. The number of hydrogen-bond donors (Lipinski definition) is 1. The first-order valence-electron chi connectivity index (χ1n) is 4.88. The second-order valence-electron chi connectivity index (χ2n) is 3.77. The Hall–Kier alpha value is -1.97. The highest BCUT2D eigenvalue weighted by molar-refractivity contribution is 5.81. The van der Waals surface area contributed by atoms with Crippen molar-refractivity contribution < 1.29 is 0 Å². The normalized spacial score (nSPS) is 11.6. The van der Waals surface area contributed by atoms with Crippen molar-refractivity contribution >= 4 is 22.6 Å². The summed E-state index contributed by atoms with van der Waals surface area (Å²) in [5.74, 6) is 1.66. The number of aromatic nitrogens is 3. The quantitative estimate of drug-likeness (QED) is 0.600. The van der Waals surface area contributed by atoms with E-state index in [1.165, 1.54) is 0 Å². The van der Waals surface area contributed by atoms with Crippen LogP contribution in [0.4, 0.5) is 5.82 Å². The van der Waals surface area contributed by atoms with Crippen molar-refractivity contribution in [3.05, 3.63) is 30.0 Å². The van der Waals surface area contributed by atoms with Crippen LogP contribution in [0.2, 0.25) is 0 Å². The Morgan fingerprint density at radius 3 is 2.80 bits per heavy atom. The Morgan fingerprint density at radius 2 is 2.00 bits per heavy atom. The first-order valence-corrected chi connectivity index (χ1v) is 4.88. The monoisotopic (exact) mass is 200 g/mol. The van der Waals surface area contributed by atoms with Crippen LogP contribution in [0.5, 0.6) is 0 Å². The highest BCUT2D eigenvalue weighted by Gasteiger charge is 2.13. The van der Waals surface area contributed by atoms with Crippen LogP contribution in [0.25, 0.3) is 16.8 Å². The van der Waals surface area contributed by atoms with Crippen LogP contribution in [-0.2, 0) is 7.05 Å². The molecule has 0 bridgehead atoms. The maximum absolute atomic E-state index is 5.95. The summed E-state index contributed by atoms with van der Waals surface area (Å²) >= 11 is 0. The molecule has 2 aromatic heterocycles. The molecule has 0 radical (unpaired) electrons. The summed E-state index contributed by atoms with van der Waals surface area (Å²) in [6, 6.07) is 8.08. The summed E-state index contributed by atoms with van der Waals surface area (Å²) in [4.78, 5) is 4.54. The lowest BCUT2D eigenvalue weighted by atomic mass is 10.3. The van der Waals surface area contributed by atoms with Crippen LogP contribution in [-0.4, -0.2) is 14.0 Å². The fraction of sp³-hybridized carbons (Fsp3) is 0.182. The first kappa shape index (κ1) is 8.35. The number of fused-ring (bicyclic) bond motifs is 3. The van der Waals surface area contributed by atoms with E-state index >= 15 is 0 Å². The molecule has 4 nitrogen and oxygen atoms in total. The van der Waals surface area contributed by atoms with E-state index in [1.807, 2.05) is 36.7 Å². The Balaban J connectivity index is 2.65. The molecule has 0 aliphatic carbocycles. The van der Waals surface area contributed by atoms with Crippen molar-refractivity contribution in [3.8, 4) is 0 Å². The van der Waals surface area contributed by atoms with Gasteiger partial charge in [-0.05, 0) is 19.1 Å². The third-order valence-corrected chi connectivity index (χ3v) is 2.91. The van der Waals surface area contributed by atoms with Gasteiger partial charge < -0.3 is 5.73 Å². The average Bonchev–Trinajstić information content (AvgIpc) is 2.72. The predicted molar refractivity (Wildman–Crippen MR) is 60.8 cm³/mol. The number of hydrogen-bond acceptors (Lipinski definition) is 2. The molecule has 0 amide bonds. The van der Waals surface area contributed by atoms with E-state index < -0.39 is 0 Å². The van der Waals surface area contributed by atoms with Crippen molar-refractivity contribution in [1.82, 2.24) is 14.0 Å². The second kappa shape index (κ2) is 2.53. The molecule has 1 aromatic carbocycles. The number of nitrogen functional groups attached to an aromatic ring is 1. The maximum Gasteiger partial charge on any atom is 0.216 e. The second-order valence-corrected chi connectivity index (χ2v) is 3.77. The fourth-order valence-corrected chi connectivity index (χ4v) is 2.03. The van der Waals surface area contributed by atoms with Gasteiger partial charge in [-0.3, -0.25) is 8.97 Å². The van der Waals surface area contributed by atoms with Gasteiger partial charge in [0.15, 0.2) is 0 Å². The van der Waals surface area contributed by atoms with E-state index in [2.05, 4.69) is 15.5 Å². The van der Waals surface area contributed by atoms with Crippen LogP contribution in [0.3, 0.4) is 0 Å². The van der Waals surface area contributed by atoms with Crippen molar-refractivity contribution in [1.29, 1.82) is 0 Å². The third kappa shape index (κ3) is 0.883. The van der Waals surface area contributed by atoms with E-state index in [9.17, 15) is 0 Å². The predicted octanol–water partition coefficient (Wildman–Crippen LogP) is 1.72. The minimum absolute atomic E-state index is 0.767. The average molecular weight is 200 g/mol. The van der Waals surface area contributed by atoms with Crippen LogP contribution in [0.15, 0.2) is 24.3 Å². The lowest BCUT2D eigenvalue weighted by molar-refractivity contribution is 0.951. The smallest absolute Gasteiger partial charge is 0.216 e. The SMILES string of the molecule is Cc1c(N)n(C)c2nc3ccccc3n12. The first-order chi connectivity index (χ1) is 7.20. The van der Waals surface area contributed by atoms with Gasteiger partial charge in [0.25, 0.3) is 0 Å². The summed E-state index contributed by atoms with van der Waals surface area (Å²) in [7, 11) is 1.93. The molecule has 0 saturated carbocycles. The van der Waals surface area contributed by atoms with E-state index in [4.69, 9.17) is 5.73 Å². The number of nitrogens with two attached hydrogens (primary N) is 1. The molecule has 3 aromatic rings. The summed E-state index contributed by atoms with van der Waals surface area (Å²) in [6.07, 6.45) is 0. The van der Waals surface area contributed by atoms with Gasteiger partial charge in [0.2, 0.25) is 5.78 Å². The molecule has 4 heteroatoms. The number of aryl methyl sites for hydroxylation is 2. The van der Waals surface area contributed by atoms with E-state index in [1.54, 1.807) is 0 Å². The zero-order valence-electron chi connectivity index (χ0n) is 8.73. The molecule has 0 saturated heterocycles. The summed E-state index contributed by atoms with van der Waals surface area (Å²) in [6.45, 7) is 2.01. The molecule has 0 aliphatic heterocycles. The Bertz CT molecular complexity index is 660. The number of para-hydroxylation sites is 2. The highest BCUT2D eigenvalue weighted by atomic mass is 15.2. The summed E-state index contributed by atoms with van der Waals surface area (Å²) < 4.78 is 4.00. The summed E-state index contributed by atoms with van der Waals surface area (Å²) in [5.41, 5.74) is 9.11. The van der Waals surface area contributed by atoms with Gasteiger partial charge in [-0.1, -0.05) is 12.1 Å². The molecule has 0 unspecified atom stereocenters. The van der Waals surface area contributed by atoms with Crippen LogP contribution < -0.4 is 5.73 Å². The van der Waals surface area contributed by atoms with Crippen LogP contribution >= 0.6 is 0 Å². The molecule has 2 heterocycles. The topological polar surface area (TPSA) is 48.2 Å². The molecule has 3 rings (SSSR count). The fourth-order valence-electron chi connectivity index (χ4n) is 2.03. The molecule has 0 fully saturated rings. The number of rotatable bonds is 0. The minimum atomic E-state index is 0.767. The van der Waals surface area contributed by atoms with Crippen LogP contribution in [0.1, 0.15) is 5.69 Å². The Kier molecular flexibility index (Phi) is 1.41. The lowest BCUT2D eigenvalue weighted by Gasteiger charge is -1.95. The molecule has 76 valence electrons. The van der Waals surface area contributed by atoms with Gasteiger partial charge in [0, 0.05) is 7.05 Å². The number of anilines is 1. The van der Waals surface area contributed by atoms with E-state index in [-0.39, 0.29) is 0 Å². The van der Waals surface area contributed by atoms with Gasteiger partial charge >= 0.3 is 0 Å². The number of imidazole rings is 2. The third-order valence-electron chi connectivity index (χ3n) is 2.91. The summed E-state index contributed by atoms with van der Waals surface area (Å²) in [5, 5.41) is 0. The standard InChI is InChI=1S/C11H12N4/c1-7-10(12)14(2)11-13-8-5-3-4-6-9(8)15(7)11/h3-6H,12H2,1-2H3. The van der Waals surface area contributed by atoms with Gasteiger partial charge in [-0.15, -0.1) is 0 Å². The van der Waals surface area contributed by atoms with Gasteiger partial charge in [-0.2, -0.15) is 0 Å². The molecule has 2 N–H and O–H groups in total. The van der Waals surface area contributed by atoms with Gasteiger partial charge in [0.1, 0.15) is 5.82 Å². The van der Waals surface area contributed by atoms with Gasteiger partial charge in [-0.25, -0.2) is 4.98 Å². The molecule has 0 aliphatic rings. The van der Waals surface area contributed by atoms with Crippen LogP contribution in [0, 0.1) is 6.92 Å². The molecule has 0 atom stereocenters. The Labute approximate surface area is 86.9 Å². The molecular weight excluding hydrogens is 188 g/mol. The van der Waals surface area contributed by atoms with E-state index in [0.29, 0.717) is 0 Å². The molecular formula is C11H12N4. The zero-order valence-corrected chi connectivity index (χ0v) is 8.73. The zero-order chi connectivity index (χ0) is 10.6. The van der Waals surface area contributed by atoms with Crippen molar-refractivity contribution in [3.63, 3.8) is 0 Å². The van der Waals surface area contributed by atoms with Gasteiger partial charge in [0.05, 0.1) is 16.7 Å². The van der Waals surface area contributed by atoms with Crippen molar-refractivity contribution in [2.75, 3.05) is 5.73 Å². The van der Waals surface area contributed by atoms with E-state index in [0.717, 1.165) is 28.3 Å². The van der Waals surface area contributed by atoms with Crippen molar-refractivity contribution in [2.24, 2.45) is 7.05 Å². The van der Waals surface area contributed by atoms with Crippen molar-refractivity contribution in [2.45, 2.75) is 6.92 Å². The molecule has 15 heavy (non-hydrogen) atoms. The molecule has 0 spiro atoms. The number of benzene rings is 1. The maximum atomic E-state index is 5.95. The Morgan fingerprint density at radius 1 is 1.27 bits per heavy atom. The minimum Gasteiger partial charge on any atom is -0.384 e.